The Morgan fingerprint density at radius 2 is 1.83 bits per heavy atom. The number of nitrogens with one attached hydrogen (secondary N) is 2. The first-order valence-electron chi connectivity index (χ1n) is 8.32. The van der Waals surface area contributed by atoms with E-state index in [-0.39, 0.29) is 12.0 Å². The third kappa shape index (κ3) is 5.30. The van der Waals surface area contributed by atoms with E-state index >= 15 is 0 Å². The van der Waals surface area contributed by atoms with Crippen molar-refractivity contribution in [3.05, 3.63) is 53.6 Å². The van der Waals surface area contributed by atoms with Crippen LogP contribution in [0.2, 0.25) is 0 Å². The minimum atomic E-state index is -0.0360. The number of anilines is 2. The van der Waals surface area contributed by atoms with Gasteiger partial charge in [0.2, 0.25) is 5.91 Å². The van der Waals surface area contributed by atoms with Crippen molar-refractivity contribution in [3.8, 4) is 5.75 Å². The van der Waals surface area contributed by atoms with Crippen LogP contribution in [-0.4, -0.2) is 18.6 Å². The number of benzene rings is 2. The average molecular weight is 326 g/mol. The van der Waals surface area contributed by atoms with Crippen LogP contribution in [0, 0.1) is 13.8 Å². The smallest absolute Gasteiger partial charge is 0.226 e. The SMILES string of the molecule is Cc1ccc(NCCC(=O)Nc2ccccc2OC(C)C)cc1C. The molecule has 0 aliphatic carbocycles. The number of ether oxygens (including phenoxy) is 1. The van der Waals surface area contributed by atoms with Crippen molar-refractivity contribution in [3.63, 3.8) is 0 Å². The topological polar surface area (TPSA) is 50.4 Å². The van der Waals surface area contributed by atoms with Crippen molar-refractivity contribution in [2.75, 3.05) is 17.2 Å². The first kappa shape index (κ1) is 17.9. The molecule has 128 valence electrons. The van der Waals surface area contributed by atoms with Gasteiger partial charge in [0.05, 0.1) is 11.8 Å². The van der Waals surface area contributed by atoms with Gasteiger partial charge in [-0.05, 0) is 63.1 Å². The Morgan fingerprint density at radius 1 is 1.08 bits per heavy atom. The van der Waals surface area contributed by atoms with E-state index in [9.17, 15) is 4.79 Å². The number of carbonyl (C=O) groups is 1. The van der Waals surface area contributed by atoms with Gasteiger partial charge in [-0.15, -0.1) is 0 Å². The number of carbonyl (C=O) groups excluding carboxylic acids is 1. The quantitative estimate of drug-likeness (QED) is 0.786. The van der Waals surface area contributed by atoms with Crippen LogP contribution in [-0.2, 0) is 4.79 Å². The van der Waals surface area contributed by atoms with Gasteiger partial charge in [-0.2, -0.15) is 0 Å². The van der Waals surface area contributed by atoms with E-state index in [4.69, 9.17) is 4.74 Å². The van der Waals surface area contributed by atoms with E-state index in [1.165, 1.54) is 11.1 Å². The van der Waals surface area contributed by atoms with E-state index < -0.39 is 0 Å². The average Bonchev–Trinajstić information content (AvgIpc) is 2.52. The molecule has 0 atom stereocenters. The highest BCUT2D eigenvalue weighted by Crippen LogP contribution is 2.25. The Labute approximate surface area is 144 Å². The molecule has 0 saturated carbocycles. The van der Waals surface area contributed by atoms with Crippen molar-refractivity contribution in [2.24, 2.45) is 0 Å². The molecule has 0 aromatic heterocycles. The minimum Gasteiger partial charge on any atom is -0.489 e. The molecule has 24 heavy (non-hydrogen) atoms. The maximum atomic E-state index is 12.2. The molecule has 0 radical (unpaired) electrons. The molecule has 0 saturated heterocycles. The fourth-order valence-corrected chi connectivity index (χ4v) is 2.31. The molecule has 2 N–H and O–H groups in total. The first-order valence-corrected chi connectivity index (χ1v) is 8.32. The zero-order chi connectivity index (χ0) is 17.5. The Hall–Kier alpha value is -2.49. The lowest BCUT2D eigenvalue weighted by Crippen LogP contribution is -2.17. The molecule has 0 spiro atoms. The highest BCUT2D eigenvalue weighted by molar-refractivity contribution is 5.92. The number of para-hydroxylation sites is 2. The summed E-state index contributed by atoms with van der Waals surface area (Å²) in [4.78, 5) is 12.2. The van der Waals surface area contributed by atoms with Crippen LogP contribution in [0.25, 0.3) is 0 Å². The van der Waals surface area contributed by atoms with E-state index in [1.807, 2.05) is 44.2 Å². The monoisotopic (exact) mass is 326 g/mol. The summed E-state index contributed by atoms with van der Waals surface area (Å²) in [7, 11) is 0. The van der Waals surface area contributed by atoms with Gasteiger partial charge in [0.1, 0.15) is 5.75 Å². The molecule has 1 amide bonds. The first-order chi connectivity index (χ1) is 11.5. The molecule has 0 aliphatic rings. The zero-order valence-electron chi connectivity index (χ0n) is 14.8. The van der Waals surface area contributed by atoms with Gasteiger partial charge in [-0.1, -0.05) is 18.2 Å². The van der Waals surface area contributed by atoms with Gasteiger partial charge in [0.15, 0.2) is 0 Å². The molecule has 4 heteroatoms. The second kappa shape index (κ2) is 8.39. The summed E-state index contributed by atoms with van der Waals surface area (Å²) < 4.78 is 5.71. The lowest BCUT2D eigenvalue weighted by atomic mass is 10.1. The lowest BCUT2D eigenvalue weighted by molar-refractivity contribution is -0.116. The summed E-state index contributed by atoms with van der Waals surface area (Å²) in [5, 5.41) is 6.20. The predicted molar refractivity (Wildman–Crippen MR) is 99.9 cm³/mol. The number of hydrogen-bond donors (Lipinski definition) is 2. The summed E-state index contributed by atoms with van der Waals surface area (Å²) >= 11 is 0. The predicted octanol–water partition coefficient (Wildman–Crippen LogP) is 4.53. The number of amides is 1. The van der Waals surface area contributed by atoms with Crippen LogP contribution in [0.5, 0.6) is 5.75 Å². The maximum Gasteiger partial charge on any atom is 0.226 e. The Morgan fingerprint density at radius 3 is 2.54 bits per heavy atom. The molecule has 0 bridgehead atoms. The second-order valence-corrected chi connectivity index (χ2v) is 6.19. The summed E-state index contributed by atoms with van der Waals surface area (Å²) in [5.74, 6) is 0.661. The Balaban J connectivity index is 1.86. The highest BCUT2D eigenvalue weighted by Gasteiger charge is 2.08. The van der Waals surface area contributed by atoms with E-state index in [2.05, 4.69) is 36.6 Å². The molecule has 0 heterocycles. The molecule has 0 unspecified atom stereocenters. The molecule has 2 aromatic rings. The van der Waals surface area contributed by atoms with E-state index in [0.717, 1.165) is 5.69 Å². The highest BCUT2D eigenvalue weighted by atomic mass is 16.5. The largest absolute Gasteiger partial charge is 0.489 e. The summed E-state index contributed by atoms with van der Waals surface area (Å²) in [6.45, 7) is 8.68. The Kier molecular flexibility index (Phi) is 6.24. The summed E-state index contributed by atoms with van der Waals surface area (Å²) in [5.41, 5.74) is 4.25. The van der Waals surface area contributed by atoms with Crippen LogP contribution < -0.4 is 15.4 Å². The fraction of sp³-hybridized carbons (Fsp3) is 0.350. The normalized spacial score (nSPS) is 10.5. The summed E-state index contributed by atoms with van der Waals surface area (Å²) in [6.07, 6.45) is 0.456. The van der Waals surface area contributed by atoms with Crippen molar-refractivity contribution in [1.82, 2.24) is 0 Å². The fourth-order valence-electron chi connectivity index (χ4n) is 2.31. The zero-order valence-corrected chi connectivity index (χ0v) is 14.8. The van der Waals surface area contributed by atoms with Gasteiger partial charge < -0.3 is 15.4 Å². The van der Waals surface area contributed by atoms with Crippen molar-refractivity contribution in [2.45, 2.75) is 40.2 Å². The molecule has 2 aromatic carbocycles. The van der Waals surface area contributed by atoms with E-state index in [1.54, 1.807) is 0 Å². The third-order valence-electron chi connectivity index (χ3n) is 3.71. The lowest BCUT2D eigenvalue weighted by Gasteiger charge is -2.15. The molecule has 0 aliphatic heterocycles. The van der Waals surface area contributed by atoms with Crippen LogP contribution in [0.15, 0.2) is 42.5 Å². The molecular formula is C20H26N2O2. The minimum absolute atomic E-state index is 0.0360. The van der Waals surface area contributed by atoms with Gasteiger partial charge in [0, 0.05) is 18.7 Å². The van der Waals surface area contributed by atoms with Crippen LogP contribution in [0.1, 0.15) is 31.4 Å². The number of aryl methyl sites for hydroxylation is 2. The Bertz CT molecular complexity index is 696. The van der Waals surface area contributed by atoms with Gasteiger partial charge in [-0.25, -0.2) is 0 Å². The third-order valence-corrected chi connectivity index (χ3v) is 3.71. The van der Waals surface area contributed by atoms with Crippen molar-refractivity contribution >= 4 is 17.3 Å². The van der Waals surface area contributed by atoms with Gasteiger partial charge >= 0.3 is 0 Å². The maximum absolute atomic E-state index is 12.2. The molecule has 2 rings (SSSR count). The number of rotatable bonds is 7. The standard InChI is InChI=1S/C20H26N2O2/c1-14(2)24-19-8-6-5-7-18(19)22-20(23)11-12-21-17-10-9-15(3)16(4)13-17/h5-10,13-14,21H,11-12H2,1-4H3,(H,22,23). The molecular weight excluding hydrogens is 300 g/mol. The van der Waals surface area contributed by atoms with Gasteiger partial charge in [0.25, 0.3) is 0 Å². The van der Waals surface area contributed by atoms with Crippen LogP contribution >= 0.6 is 0 Å². The van der Waals surface area contributed by atoms with Gasteiger partial charge in [-0.3, -0.25) is 4.79 Å². The van der Waals surface area contributed by atoms with E-state index in [0.29, 0.717) is 24.4 Å². The molecule has 4 nitrogen and oxygen atoms in total. The number of hydrogen-bond acceptors (Lipinski definition) is 3. The summed E-state index contributed by atoms with van der Waals surface area (Å²) in [6, 6.07) is 13.7. The molecule has 0 fully saturated rings. The van der Waals surface area contributed by atoms with Crippen molar-refractivity contribution < 1.29 is 9.53 Å². The van der Waals surface area contributed by atoms with Crippen LogP contribution in [0.4, 0.5) is 11.4 Å². The van der Waals surface area contributed by atoms with Crippen molar-refractivity contribution in [1.29, 1.82) is 0 Å². The van der Waals surface area contributed by atoms with Crippen LogP contribution in [0.3, 0.4) is 0 Å². The second-order valence-electron chi connectivity index (χ2n) is 6.19.